The van der Waals surface area contributed by atoms with Crippen LogP contribution in [0.3, 0.4) is 0 Å². The molecule has 0 aromatic carbocycles. The Morgan fingerprint density at radius 3 is 2.52 bits per heavy atom. The van der Waals surface area contributed by atoms with Crippen molar-refractivity contribution < 1.29 is 20.4 Å². The van der Waals surface area contributed by atoms with E-state index in [1.807, 2.05) is 13.8 Å². The van der Waals surface area contributed by atoms with E-state index in [2.05, 4.69) is 32.6 Å². The van der Waals surface area contributed by atoms with Crippen molar-refractivity contribution in [2.45, 2.75) is 109 Å². The first kappa shape index (κ1) is 24.7. The van der Waals surface area contributed by atoms with Crippen LogP contribution in [0, 0.1) is 23.2 Å². The third-order valence-electron chi connectivity index (χ3n) is 8.93. The molecular formula is C27H44O4. The van der Waals surface area contributed by atoms with Gasteiger partial charge in [-0.3, -0.25) is 0 Å². The molecule has 7 atom stereocenters. The molecule has 0 aromatic heterocycles. The van der Waals surface area contributed by atoms with Crippen molar-refractivity contribution in [3.8, 4) is 0 Å². The molecule has 0 amide bonds. The van der Waals surface area contributed by atoms with Crippen LogP contribution in [-0.2, 0) is 0 Å². The molecule has 4 nitrogen and oxygen atoms in total. The summed E-state index contributed by atoms with van der Waals surface area (Å²) in [7, 11) is 0. The Morgan fingerprint density at radius 2 is 1.84 bits per heavy atom. The normalized spacial score (nSPS) is 41.1. The van der Waals surface area contributed by atoms with Gasteiger partial charge in [-0.2, -0.15) is 0 Å². The number of aliphatic hydroxyl groups is 4. The summed E-state index contributed by atoms with van der Waals surface area (Å²) in [4.78, 5) is 0. The van der Waals surface area contributed by atoms with Crippen LogP contribution in [0.2, 0.25) is 0 Å². The highest BCUT2D eigenvalue weighted by molar-refractivity contribution is 5.39. The van der Waals surface area contributed by atoms with Crippen LogP contribution in [0.15, 0.2) is 35.5 Å². The average molecular weight is 433 g/mol. The Bertz CT molecular complexity index is 723. The predicted molar refractivity (Wildman–Crippen MR) is 125 cm³/mol. The number of rotatable bonds is 6. The van der Waals surface area contributed by atoms with Crippen molar-refractivity contribution >= 4 is 0 Å². The van der Waals surface area contributed by atoms with Gasteiger partial charge in [0, 0.05) is 11.8 Å². The first-order valence-electron chi connectivity index (χ1n) is 12.3. The van der Waals surface area contributed by atoms with Crippen molar-refractivity contribution in [2.75, 3.05) is 0 Å². The fraction of sp³-hybridized carbons (Fsp3) is 0.778. The Hall–Kier alpha value is -0.940. The van der Waals surface area contributed by atoms with E-state index < -0.39 is 17.8 Å². The van der Waals surface area contributed by atoms with Gasteiger partial charge in [-0.1, -0.05) is 52.0 Å². The maximum absolute atomic E-state index is 11.9. The van der Waals surface area contributed by atoms with Crippen LogP contribution >= 0.6 is 0 Å². The molecule has 4 heteroatoms. The summed E-state index contributed by atoms with van der Waals surface area (Å²) in [5, 5.41) is 42.3. The zero-order valence-electron chi connectivity index (χ0n) is 20.0. The maximum Gasteiger partial charge on any atom is 0.0811 e. The zero-order chi connectivity index (χ0) is 23.0. The molecule has 0 aromatic rings. The minimum absolute atomic E-state index is 0.150. The lowest BCUT2D eigenvalue weighted by molar-refractivity contribution is -0.116. The van der Waals surface area contributed by atoms with Crippen molar-refractivity contribution in [1.29, 1.82) is 0 Å². The number of allylic oxidation sites excluding steroid dienone is 3. The van der Waals surface area contributed by atoms with Gasteiger partial charge in [0.15, 0.2) is 0 Å². The molecular weight excluding hydrogens is 388 g/mol. The third-order valence-corrected chi connectivity index (χ3v) is 8.93. The molecule has 0 saturated heterocycles. The molecule has 0 heterocycles. The van der Waals surface area contributed by atoms with Crippen molar-refractivity contribution in [3.05, 3.63) is 35.5 Å². The Morgan fingerprint density at radius 1 is 1.13 bits per heavy atom. The van der Waals surface area contributed by atoms with Gasteiger partial charge in [-0.05, 0) is 80.3 Å². The lowest BCUT2D eigenvalue weighted by Gasteiger charge is -2.50. The number of hydrogen-bond donors (Lipinski definition) is 4. The quantitative estimate of drug-likeness (QED) is 0.491. The summed E-state index contributed by atoms with van der Waals surface area (Å²) in [5.41, 5.74) is 2.19. The van der Waals surface area contributed by atoms with Crippen LogP contribution in [-0.4, -0.2) is 44.3 Å². The molecule has 0 radical (unpaired) electrons. The van der Waals surface area contributed by atoms with Crippen LogP contribution in [0.1, 0.15) is 85.5 Å². The molecule has 0 aliphatic heterocycles. The molecule has 3 aliphatic carbocycles. The second-order valence-electron chi connectivity index (χ2n) is 11.1. The first-order valence-corrected chi connectivity index (χ1v) is 12.3. The van der Waals surface area contributed by atoms with E-state index in [9.17, 15) is 20.4 Å². The number of hydrogen-bond acceptors (Lipinski definition) is 4. The highest BCUT2D eigenvalue weighted by Crippen LogP contribution is 2.62. The molecule has 3 fully saturated rings. The molecule has 0 bridgehead atoms. The number of aliphatic hydroxyl groups excluding tert-OH is 3. The molecule has 3 aliphatic rings. The Kier molecular flexibility index (Phi) is 7.57. The minimum atomic E-state index is -0.707. The van der Waals surface area contributed by atoms with E-state index in [4.69, 9.17) is 0 Å². The van der Waals surface area contributed by atoms with E-state index in [0.29, 0.717) is 18.8 Å². The Balaban J connectivity index is 1.78. The summed E-state index contributed by atoms with van der Waals surface area (Å²) >= 11 is 0. The van der Waals surface area contributed by atoms with E-state index in [-0.39, 0.29) is 23.4 Å². The van der Waals surface area contributed by atoms with Gasteiger partial charge in [0.25, 0.3) is 0 Å². The summed E-state index contributed by atoms with van der Waals surface area (Å²) in [5.74, 6) is 0.752. The van der Waals surface area contributed by atoms with E-state index in [0.717, 1.165) is 56.1 Å². The van der Waals surface area contributed by atoms with Gasteiger partial charge >= 0.3 is 0 Å². The van der Waals surface area contributed by atoms with Gasteiger partial charge in [-0.25, -0.2) is 0 Å². The summed E-state index contributed by atoms with van der Waals surface area (Å²) in [6.45, 7) is 12.6. The highest BCUT2D eigenvalue weighted by Gasteiger charge is 2.59. The van der Waals surface area contributed by atoms with Crippen molar-refractivity contribution in [3.63, 3.8) is 0 Å². The third kappa shape index (κ3) is 4.73. The SMILES string of the molecule is C=C1/C(=C\C=C2/CCC[C@@]3(C)[C@H]2CC[C@]3(O)[C@@H](C)CCC(O)C(C)C)C[C@H](O)C[C@H]1O. The van der Waals surface area contributed by atoms with Crippen LogP contribution < -0.4 is 0 Å². The van der Waals surface area contributed by atoms with Crippen molar-refractivity contribution in [1.82, 2.24) is 0 Å². The summed E-state index contributed by atoms with van der Waals surface area (Å²) < 4.78 is 0. The van der Waals surface area contributed by atoms with Crippen molar-refractivity contribution in [2.24, 2.45) is 23.2 Å². The summed E-state index contributed by atoms with van der Waals surface area (Å²) in [6.07, 6.45) is 10.2. The van der Waals surface area contributed by atoms with Gasteiger partial charge < -0.3 is 20.4 Å². The van der Waals surface area contributed by atoms with Gasteiger partial charge in [0.2, 0.25) is 0 Å². The predicted octanol–water partition coefficient (Wildman–Crippen LogP) is 4.68. The largest absolute Gasteiger partial charge is 0.393 e. The fourth-order valence-corrected chi connectivity index (χ4v) is 6.56. The molecule has 3 rings (SSSR count). The highest BCUT2D eigenvalue weighted by atomic mass is 16.3. The molecule has 176 valence electrons. The monoisotopic (exact) mass is 432 g/mol. The van der Waals surface area contributed by atoms with Gasteiger partial charge in [-0.15, -0.1) is 0 Å². The molecule has 0 spiro atoms. The van der Waals surface area contributed by atoms with E-state index >= 15 is 0 Å². The second kappa shape index (κ2) is 9.51. The van der Waals surface area contributed by atoms with Gasteiger partial charge in [0.1, 0.15) is 0 Å². The standard InChI is InChI=1S/C27H44O4/c1-17(2)24(29)11-8-18(3)27(31)14-12-23-20(7-6-13-26(23,27)5)9-10-21-15-22(28)16-25(30)19(21)4/h9-10,17-18,22-25,28-31H,4,6-8,11-16H2,1-3,5H3/b20-9+,21-10-/t18-,22-,23-,24?,25+,26-,27-/m0/s1. The van der Waals surface area contributed by atoms with Crippen LogP contribution in [0.25, 0.3) is 0 Å². The molecule has 3 saturated carbocycles. The molecule has 4 N–H and O–H groups in total. The molecule has 1 unspecified atom stereocenters. The van der Waals surface area contributed by atoms with Gasteiger partial charge in [0.05, 0.1) is 23.9 Å². The lowest BCUT2D eigenvalue weighted by Crippen LogP contribution is -2.51. The Labute approximate surface area is 188 Å². The van der Waals surface area contributed by atoms with E-state index in [1.165, 1.54) is 5.57 Å². The van der Waals surface area contributed by atoms with Crippen LogP contribution in [0.5, 0.6) is 0 Å². The average Bonchev–Trinajstić information content (AvgIpc) is 2.99. The summed E-state index contributed by atoms with van der Waals surface area (Å²) in [6, 6.07) is 0. The molecule has 31 heavy (non-hydrogen) atoms. The second-order valence-corrected chi connectivity index (χ2v) is 11.1. The maximum atomic E-state index is 11.9. The first-order chi connectivity index (χ1) is 14.5. The van der Waals surface area contributed by atoms with Crippen LogP contribution in [0.4, 0.5) is 0 Å². The fourth-order valence-electron chi connectivity index (χ4n) is 6.56. The smallest absolute Gasteiger partial charge is 0.0811 e. The topological polar surface area (TPSA) is 80.9 Å². The minimum Gasteiger partial charge on any atom is -0.393 e. The number of fused-ring (bicyclic) bond motifs is 1. The van der Waals surface area contributed by atoms with E-state index in [1.54, 1.807) is 0 Å². The zero-order valence-corrected chi connectivity index (χ0v) is 20.0. The lowest BCUT2D eigenvalue weighted by atomic mass is 9.58.